The number of ether oxygens (including phenoxy) is 2. The molecule has 0 saturated heterocycles. The second kappa shape index (κ2) is 9.38. The molecule has 10 nitrogen and oxygen atoms in total. The third-order valence-corrected chi connectivity index (χ3v) is 6.00. The van der Waals surface area contributed by atoms with E-state index in [1.807, 2.05) is 36.4 Å². The van der Waals surface area contributed by atoms with Gasteiger partial charge in [0.05, 0.1) is 23.8 Å². The van der Waals surface area contributed by atoms with E-state index < -0.39 is 11.9 Å². The molecule has 4 aromatic rings. The SMILES string of the molecule is CCOC(=O)c1nccn1-c1ccc(C2C(C#N)=C(N)Oc3c2c(Cc2ccncc2)nn3C)cc1. The summed E-state index contributed by atoms with van der Waals surface area (Å²) in [7, 11) is 1.79. The summed E-state index contributed by atoms with van der Waals surface area (Å²) in [5.41, 5.74) is 10.7. The van der Waals surface area contributed by atoms with E-state index in [4.69, 9.17) is 15.2 Å². The normalized spacial score (nSPS) is 14.6. The molecule has 3 aromatic heterocycles. The van der Waals surface area contributed by atoms with Crippen molar-refractivity contribution >= 4 is 5.97 Å². The number of imidazole rings is 1. The first kappa shape index (κ1) is 22.9. The van der Waals surface area contributed by atoms with Gasteiger partial charge in [-0.15, -0.1) is 0 Å². The minimum atomic E-state index is -0.501. The Kier molecular flexibility index (Phi) is 5.96. The van der Waals surface area contributed by atoms with Crippen LogP contribution in [-0.2, 0) is 18.2 Å². The van der Waals surface area contributed by atoms with Crippen LogP contribution in [0.4, 0.5) is 0 Å². The van der Waals surface area contributed by atoms with Gasteiger partial charge in [-0.1, -0.05) is 12.1 Å². The van der Waals surface area contributed by atoms with Gasteiger partial charge in [-0.25, -0.2) is 14.5 Å². The van der Waals surface area contributed by atoms with Gasteiger partial charge >= 0.3 is 5.97 Å². The van der Waals surface area contributed by atoms with Gasteiger partial charge in [-0.05, 0) is 42.3 Å². The van der Waals surface area contributed by atoms with Gasteiger partial charge in [0.15, 0.2) is 0 Å². The van der Waals surface area contributed by atoms with E-state index in [0.717, 1.165) is 28.1 Å². The van der Waals surface area contributed by atoms with E-state index in [-0.39, 0.29) is 18.3 Å². The lowest BCUT2D eigenvalue weighted by atomic mass is 9.83. The van der Waals surface area contributed by atoms with E-state index in [2.05, 4.69) is 21.1 Å². The highest BCUT2D eigenvalue weighted by Crippen LogP contribution is 2.44. The highest BCUT2D eigenvalue weighted by molar-refractivity contribution is 5.86. The molecule has 0 fully saturated rings. The molecule has 1 aromatic carbocycles. The van der Waals surface area contributed by atoms with Crippen LogP contribution in [0.1, 0.15) is 45.8 Å². The molecular formula is C26H23N7O3. The van der Waals surface area contributed by atoms with E-state index in [9.17, 15) is 10.1 Å². The van der Waals surface area contributed by atoms with Gasteiger partial charge < -0.3 is 15.2 Å². The maximum absolute atomic E-state index is 12.3. The standard InChI is InChI=1S/C26H23N7O3/c1-3-35-26(34)24-30-12-13-33(24)18-6-4-17(5-7-18)21-19(15-27)23(28)36-25-22(21)20(31-32(25)2)14-16-8-10-29-11-9-16/h4-13,21H,3,14,28H2,1-2H3. The van der Waals surface area contributed by atoms with Crippen molar-refractivity contribution < 1.29 is 14.3 Å². The third kappa shape index (κ3) is 3.96. The molecule has 0 aliphatic carbocycles. The van der Waals surface area contributed by atoms with E-state index >= 15 is 0 Å². The Morgan fingerprint density at radius 1 is 1.19 bits per heavy atom. The highest BCUT2D eigenvalue weighted by Gasteiger charge is 2.36. The molecule has 0 spiro atoms. The summed E-state index contributed by atoms with van der Waals surface area (Å²) in [5.74, 6) is -0.225. The molecule has 180 valence electrons. The molecule has 2 N–H and O–H groups in total. The van der Waals surface area contributed by atoms with Crippen molar-refractivity contribution in [2.75, 3.05) is 6.61 Å². The van der Waals surface area contributed by atoms with E-state index in [1.54, 1.807) is 48.0 Å². The number of pyridine rings is 1. The number of esters is 1. The fraction of sp³-hybridized carbons (Fsp3) is 0.192. The number of carbonyl (C=O) groups is 1. The molecule has 1 unspecified atom stereocenters. The summed E-state index contributed by atoms with van der Waals surface area (Å²) in [6, 6.07) is 13.6. The predicted molar refractivity (Wildman–Crippen MR) is 129 cm³/mol. The number of nitrogens with zero attached hydrogens (tertiary/aromatic N) is 6. The summed E-state index contributed by atoms with van der Waals surface area (Å²) in [5, 5.41) is 14.7. The number of hydrogen-bond donors (Lipinski definition) is 1. The van der Waals surface area contributed by atoms with Crippen LogP contribution in [0.25, 0.3) is 5.69 Å². The molecule has 1 aliphatic heterocycles. The second-order valence-electron chi connectivity index (χ2n) is 8.18. The number of aryl methyl sites for hydroxylation is 1. The number of benzene rings is 1. The van der Waals surface area contributed by atoms with Gasteiger partial charge in [0.25, 0.3) is 0 Å². The maximum Gasteiger partial charge on any atom is 0.374 e. The number of fused-ring (bicyclic) bond motifs is 1. The Labute approximate surface area is 207 Å². The maximum atomic E-state index is 12.3. The van der Waals surface area contributed by atoms with Crippen LogP contribution in [0.3, 0.4) is 0 Å². The number of aromatic nitrogens is 5. The Balaban J connectivity index is 1.57. The lowest BCUT2D eigenvalue weighted by Crippen LogP contribution is -2.22. The Morgan fingerprint density at radius 2 is 1.94 bits per heavy atom. The Morgan fingerprint density at radius 3 is 2.64 bits per heavy atom. The van der Waals surface area contributed by atoms with Gasteiger partial charge in [-0.2, -0.15) is 10.4 Å². The summed E-state index contributed by atoms with van der Waals surface area (Å²) in [4.78, 5) is 20.5. The minimum absolute atomic E-state index is 0.0525. The van der Waals surface area contributed by atoms with Crippen molar-refractivity contribution in [1.82, 2.24) is 24.3 Å². The highest BCUT2D eigenvalue weighted by atomic mass is 16.5. The lowest BCUT2D eigenvalue weighted by molar-refractivity contribution is 0.0510. The van der Waals surface area contributed by atoms with Gasteiger partial charge in [0.2, 0.25) is 17.6 Å². The van der Waals surface area contributed by atoms with Crippen molar-refractivity contribution in [3.05, 3.63) is 101 Å². The molecule has 36 heavy (non-hydrogen) atoms. The van der Waals surface area contributed by atoms with Crippen molar-refractivity contribution in [2.24, 2.45) is 12.8 Å². The number of nitriles is 1. The zero-order valence-electron chi connectivity index (χ0n) is 19.8. The second-order valence-corrected chi connectivity index (χ2v) is 8.18. The topological polar surface area (TPSA) is 134 Å². The third-order valence-electron chi connectivity index (χ3n) is 6.00. The molecule has 0 amide bonds. The molecule has 0 saturated carbocycles. The molecule has 10 heteroatoms. The van der Waals surface area contributed by atoms with Crippen LogP contribution in [-0.4, -0.2) is 36.9 Å². The lowest BCUT2D eigenvalue weighted by Gasteiger charge is -2.25. The summed E-state index contributed by atoms with van der Waals surface area (Å²) in [6.45, 7) is 2.00. The predicted octanol–water partition coefficient (Wildman–Crippen LogP) is 2.99. The number of nitrogens with two attached hydrogens (primary N) is 1. The number of carbonyl (C=O) groups excluding carboxylic acids is 1. The van der Waals surface area contributed by atoms with E-state index in [0.29, 0.717) is 17.9 Å². The van der Waals surface area contributed by atoms with Crippen molar-refractivity contribution in [3.63, 3.8) is 0 Å². The molecule has 0 bridgehead atoms. The molecule has 1 atom stereocenters. The first-order chi connectivity index (χ1) is 17.5. The van der Waals surface area contributed by atoms with Gasteiger partial charge in [0, 0.05) is 43.9 Å². The zero-order valence-corrected chi connectivity index (χ0v) is 19.8. The van der Waals surface area contributed by atoms with Crippen LogP contribution in [0.15, 0.2) is 72.6 Å². The van der Waals surface area contributed by atoms with Crippen molar-refractivity contribution in [2.45, 2.75) is 19.3 Å². The van der Waals surface area contributed by atoms with Crippen LogP contribution in [0, 0.1) is 11.3 Å². The Bertz CT molecular complexity index is 1490. The Hall–Kier alpha value is -4.91. The molecule has 0 radical (unpaired) electrons. The first-order valence-corrected chi connectivity index (χ1v) is 11.3. The average Bonchev–Trinajstić information content (AvgIpc) is 3.49. The molecule has 1 aliphatic rings. The van der Waals surface area contributed by atoms with Crippen LogP contribution < -0.4 is 10.5 Å². The zero-order chi connectivity index (χ0) is 25.2. The smallest absolute Gasteiger partial charge is 0.374 e. The molecule has 4 heterocycles. The minimum Gasteiger partial charge on any atom is -0.460 e. The van der Waals surface area contributed by atoms with Crippen LogP contribution in [0.5, 0.6) is 5.88 Å². The monoisotopic (exact) mass is 481 g/mol. The fourth-order valence-corrected chi connectivity index (χ4v) is 4.40. The van der Waals surface area contributed by atoms with Gasteiger partial charge in [0.1, 0.15) is 11.6 Å². The number of hydrogen-bond acceptors (Lipinski definition) is 8. The van der Waals surface area contributed by atoms with E-state index in [1.165, 1.54) is 0 Å². The van der Waals surface area contributed by atoms with Crippen LogP contribution in [0.2, 0.25) is 0 Å². The van der Waals surface area contributed by atoms with Crippen molar-refractivity contribution in [3.8, 4) is 17.6 Å². The molecule has 5 rings (SSSR count). The first-order valence-electron chi connectivity index (χ1n) is 11.3. The summed E-state index contributed by atoms with van der Waals surface area (Å²) in [6.07, 6.45) is 7.25. The molecular weight excluding hydrogens is 458 g/mol. The number of rotatable bonds is 6. The quantitative estimate of drug-likeness (QED) is 0.416. The fourth-order valence-electron chi connectivity index (χ4n) is 4.40. The van der Waals surface area contributed by atoms with Crippen molar-refractivity contribution in [1.29, 1.82) is 5.26 Å². The summed E-state index contributed by atoms with van der Waals surface area (Å²) < 4.78 is 14.3. The number of allylic oxidation sites excluding steroid dienone is 1. The summed E-state index contributed by atoms with van der Waals surface area (Å²) >= 11 is 0. The van der Waals surface area contributed by atoms with Crippen LogP contribution >= 0.6 is 0 Å². The average molecular weight is 482 g/mol. The van der Waals surface area contributed by atoms with Gasteiger partial charge in [-0.3, -0.25) is 9.55 Å². The largest absolute Gasteiger partial charge is 0.460 e.